The first kappa shape index (κ1) is 12.8. The van der Waals surface area contributed by atoms with Crippen LogP contribution in [-0.2, 0) is 6.42 Å². The Morgan fingerprint density at radius 1 is 1.53 bits per heavy atom. The Labute approximate surface area is 110 Å². The summed E-state index contributed by atoms with van der Waals surface area (Å²) in [4.78, 5) is 16.0. The van der Waals surface area contributed by atoms with Gasteiger partial charge in [0, 0.05) is 12.1 Å². The van der Waals surface area contributed by atoms with Crippen molar-refractivity contribution in [3.8, 4) is 6.07 Å². The molecule has 6 nitrogen and oxygen atoms in total. The van der Waals surface area contributed by atoms with E-state index in [2.05, 4.69) is 20.5 Å². The Balaban J connectivity index is 2.09. The highest BCUT2D eigenvalue weighted by Gasteiger charge is 2.12. The molecule has 0 radical (unpaired) electrons. The average Bonchev–Trinajstić information content (AvgIpc) is 2.88. The molecular formula is C13H13N5O. The Hall–Kier alpha value is -2.68. The van der Waals surface area contributed by atoms with Crippen LogP contribution in [0.15, 0.2) is 24.3 Å². The number of H-pyrrole nitrogens is 1. The summed E-state index contributed by atoms with van der Waals surface area (Å²) >= 11 is 0. The van der Waals surface area contributed by atoms with Crippen LogP contribution in [0.1, 0.15) is 35.4 Å². The summed E-state index contributed by atoms with van der Waals surface area (Å²) in [5, 5.41) is 18.0. The first-order chi connectivity index (χ1) is 9.22. The maximum atomic E-state index is 11.9. The fourth-order valence-electron chi connectivity index (χ4n) is 1.60. The highest BCUT2D eigenvalue weighted by atomic mass is 16.2. The summed E-state index contributed by atoms with van der Waals surface area (Å²) in [6.07, 6.45) is 1.69. The van der Waals surface area contributed by atoms with Gasteiger partial charge in [-0.15, -0.1) is 5.10 Å². The van der Waals surface area contributed by atoms with Crippen LogP contribution in [0.5, 0.6) is 0 Å². The molecule has 96 valence electrons. The normalized spacial score (nSPS) is 9.89. The van der Waals surface area contributed by atoms with E-state index in [4.69, 9.17) is 5.26 Å². The van der Waals surface area contributed by atoms with Crippen molar-refractivity contribution >= 4 is 11.6 Å². The van der Waals surface area contributed by atoms with Gasteiger partial charge in [-0.05, 0) is 24.6 Å². The summed E-state index contributed by atoms with van der Waals surface area (Å²) in [7, 11) is 0. The second-order valence-corrected chi connectivity index (χ2v) is 4.00. The van der Waals surface area contributed by atoms with Crippen LogP contribution in [0.3, 0.4) is 0 Å². The van der Waals surface area contributed by atoms with Crippen LogP contribution >= 0.6 is 0 Å². The number of anilines is 1. The summed E-state index contributed by atoms with van der Waals surface area (Å²) < 4.78 is 0. The van der Waals surface area contributed by atoms with Gasteiger partial charge in [0.25, 0.3) is 5.91 Å². The first-order valence-corrected chi connectivity index (χ1v) is 5.95. The number of aromatic nitrogens is 3. The molecule has 0 spiro atoms. The Bertz CT molecular complexity index is 626. The number of benzene rings is 1. The van der Waals surface area contributed by atoms with Gasteiger partial charge >= 0.3 is 0 Å². The zero-order chi connectivity index (χ0) is 13.7. The zero-order valence-electron chi connectivity index (χ0n) is 10.5. The van der Waals surface area contributed by atoms with E-state index in [-0.39, 0.29) is 5.82 Å². The number of aryl methyl sites for hydroxylation is 1. The van der Waals surface area contributed by atoms with Crippen molar-refractivity contribution in [2.24, 2.45) is 0 Å². The third kappa shape index (κ3) is 3.16. The van der Waals surface area contributed by atoms with Crippen LogP contribution in [0.4, 0.5) is 5.69 Å². The SMILES string of the molecule is CCCc1nc(C(=O)Nc2cccc(C#N)c2)n[nH]1. The van der Waals surface area contributed by atoms with Gasteiger partial charge in [-0.1, -0.05) is 13.0 Å². The molecule has 19 heavy (non-hydrogen) atoms. The van der Waals surface area contributed by atoms with Crippen molar-refractivity contribution in [1.82, 2.24) is 15.2 Å². The molecule has 0 fully saturated rings. The van der Waals surface area contributed by atoms with Crippen LogP contribution in [-0.4, -0.2) is 21.1 Å². The molecule has 0 saturated heterocycles. The number of hydrogen-bond donors (Lipinski definition) is 2. The maximum Gasteiger partial charge on any atom is 0.295 e. The lowest BCUT2D eigenvalue weighted by Crippen LogP contribution is -2.13. The number of carbonyl (C=O) groups is 1. The smallest absolute Gasteiger partial charge is 0.295 e. The second-order valence-electron chi connectivity index (χ2n) is 4.00. The van der Waals surface area contributed by atoms with Crippen LogP contribution < -0.4 is 5.32 Å². The molecule has 1 aromatic carbocycles. The van der Waals surface area contributed by atoms with E-state index < -0.39 is 5.91 Å². The van der Waals surface area contributed by atoms with Crippen molar-refractivity contribution in [3.63, 3.8) is 0 Å². The molecule has 1 amide bonds. The quantitative estimate of drug-likeness (QED) is 0.872. The summed E-state index contributed by atoms with van der Waals surface area (Å²) in [5.74, 6) is 0.401. The molecule has 1 heterocycles. The molecule has 1 aromatic heterocycles. The van der Waals surface area contributed by atoms with E-state index in [1.807, 2.05) is 13.0 Å². The Kier molecular flexibility index (Phi) is 3.88. The molecule has 0 unspecified atom stereocenters. The van der Waals surface area contributed by atoms with E-state index >= 15 is 0 Å². The molecule has 6 heteroatoms. The molecular weight excluding hydrogens is 242 g/mol. The van der Waals surface area contributed by atoms with E-state index in [1.165, 1.54) is 0 Å². The number of carbonyl (C=O) groups excluding carboxylic acids is 1. The topological polar surface area (TPSA) is 94.5 Å². The number of rotatable bonds is 4. The van der Waals surface area contributed by atoms with E-state index in [9.17, 15) is 4.79 Å². The lowest BCUT2D eigenvalue weighted by atomic mass is 10.2. The van der Waals surface area contributed by atoms with Crippen molar-refractivity contribution in [1.29, 1.82) is 5.26 Å². The number of nitrogens with zero attached hydrogens (tertiary/aromatic N) is 3. The minimum atomic E-state index is -0.395. The van der Waals surface area contributed by atoms with Gasteiger partial charge in [0.05, 0.1) is 11.6 Å². The number of hydrogen-bond acceptors (Lipinski definition) is 4. The van der Waals surface area contributed by atoms with Crippen molar-refractivity contribution < 1.29 is 4.79 Å². The molecule has 0 atom stereocenters. The molecule has 0 aliphatic rings. The Morgan fingerprint density at radius 3 is 3.11 bits per heavy atom. The van der Waals surface area contributed by atoms with Gasteiger partial charge in [-0.2, -0.15) is 5.26 Å². The van der Waals surface area contributed by atoms with Crippen LogP contribution in [0.25, 0.3) is 0 Å². The molecule has 2 rings (SSSR count). The largest absolute Gasteiger partial charge is 0.319 e. The zero-order valence-corrected chi connectivity index (χ0v) is 10.5. The van der Waals surface area contributed by atoms with E-state index in [0.29, 0.717) is 17.1 Å². The van der Waals surface area contributed by atoms with Gasteiger partial charge in [-0.25, -0.2) is 4.98 Å². The van der Waals surface area contributed by atoms with Crippen molar-refractivity contribution in [3.05, 3.63) is 41.5 Å². The Morgan fingerprint density at radius 2 is 2.37 bits per heavy atom. The van der Waals surface area contributed by atoms with Gasteiger partial charge in [0.1, 0.15) is 5.82 Å². The fraction of sp³-hybridized carbons (Fsp3) is 0.231. The number of amides is 1. The number of aromatic amines is 1. The molecule has 0 aliphatic carbocycles. The van der Waals surface area contributed by atoms with Crippen LogP contribution in [0, 0.1) is 11.3 Å². The molecule has 2 aromatic rings. The summed E-state index contributed by atoms with van der Waals surface area (Å²) in [6.45, 7) is 2.02. The van der Waals surface area contributed by atoms with E-state index in [1.54, 1.807) is 24.3 Å². The second kappa shape index (κ2) is 5.78. The summed E-state index contributed by atoms with van der Waals surface area (Å²) in [6, 6.07) is 8.69. The van der Waals surface area contributed by atoms with Crippen LogP contribution in [0.2, 0.25) is 0 Å². The van der Waals surface area contributed by atoms with Gasteiger partial charge in [-0.3, -0.25) is 9.89 Å². The monoisotopic (exact) mass is 255 g/mol. The number of nitriles is 1. The lowest BCUT2D eigenvalue weighted by Gasteiger charge is -2.01. The van der Waals surface area contributed by atoms with Gasteiger partial charge < -0.3 is 5.32 Å². The predicted octanol–water partition coefficient (Wildman–Crippen LogP) is 1.88. The minimum Gasteiger partial charge on any atom is -0.319 e. The molecule has 0 bridgehead atoms. The van der Waals surface area contributed by atoms with Gasteiger partial charge in [0.15, 0.2) is 0 Å². The fourth-order valence-corrected chi connectivity index (χ4v) is 1.60. The maximum absolute atomic E-state index is 11.9. The van der Waals surface area contributed by atoms with Crippen molar-refractivity contribution in [2.45, 2.75) is 19.8 Å². The lowest BCUT2D eigenvalue weighted by molar-refractivity contribution is 0.101. The predicted molar refractivity (Wildman–Crippen MR) is 69.5 cm³/mol. The minimum absolute atomic E-state index is 0.103. The molecule has 2 N–H and O–H groups in total. The van der Waals surface area contributed by atoms with Gasteiger partial charge in [0.2, 0.25) is 5.82 Å². The number of nitrogens with one attached hydrogen (secondary N) is 2. The average molecular weight is 255 g/mol. The third-order valence-electron chi connectivity index (χ3n) is 2.47. The molecule has 0 aliphatic heterocycles. The third-order valence-corrected chi connectivity index (χ3v) is 2.47. The van der Waals surface area contributed by atoms with E-state index in [0.717, 1.165) is 12.8 Å². The first-order valence-electron chi connectivity index (χ1n) is 5.95. The highest BCUT2D eigenvalue weighted by Crippen LogP contribution is 2.10. The molecule has 0 saturated carbocycles. The van der Waals surface area contributed by atoms with Crippen molar-refractivity contribution in [2.75, 3.05) is 5.32 Å². The highest BCUT2D eigenvalue weighted by molar-refractivity contribution is 6.01. The standard InChI is InChI=1S/C13H13N5O/c1-2-4-11-16-12(18-17-11)13(19)15-10-6-3-5-9(7-10)8-14/h3,5-7H,2,4H2,1H3,(H,15,19)(H,16,17,18). The summed E-state index contributed by atoms with van der Waals surface area (Å²) in [5.41, 5.74) is 1.03.